The Hall–Kier alpha value is -2.93. The molecule has 0 spiro atoms. The molecule has 1 atom stereocenters. The Balaban J connectivity index is 1.86. The summed E-state index contributed by atoms with van der Waals surface area (Å²) in [6.45, 7) is 0. The SMILES string of the molecule is O=C(N[C@H](c1ccccc1)c1cccs1)c1ccc([N+](=O)[O-])o1. The number of hydrogen-bond acceptors (Lipinski definition) is 5. The van der Waals surface area contributed by atoms with Crippen LogP contribution in [-0.2, 0) is 0 Å². The number of nitrogens with one attached hydrogen (secondary N) is 1. The second kappa shape index (κ2) is 6.45. The highest BCUT2D eigenvalue weighted by Crippen LogP contribution is 2.26. The van der Waals surface area contributed by atoms with Crippen molar-refractivity contribution in [2.24, 2.45) is 0 Å². The molecule has 7 heteroatoms. The summed E-state index contributed by atoms with van der Waals surface area (Å²) in [5, 5.41) is 15.4. The Morgan fingerprint density at radius 3 is 2.52 bits per heavy atom. The summed E-state index contributed by atoms with van der Waals surface area (Å²) in [5.74, 6) is -1.04. The zero-order valence-corrected chi connectivity index (χ0v) is 12.7. The van der Waals surface area contributed by atoms with Crippen LogP contribution in [0.1, 0.15) is 27.0 Å². The zero-order valence-electron chi connectivity index (χ0n) is 11.8. The highest BCUT2D eigenvalue weighted by molar-refractivity contribution is 7.10. The molecule has 0 saturated carbocycles. The molecule has 0 radical (unpaired) electrons. The molecule has 0 bridgehead atoms. The maximum absolute atomic E-state index is 12.3. The molecule has 0 aliphatic rings. The lowest BCUT2D eigenvalue weighted by Gasteiger charge is -2.17. The van der Waals surface area contributed by atoms with Crippen molar-refractivity contribution in [1.29, 1.82) is 0 Å². The van der Waals surface area contributed by atoms with Gasteiger partial charge in [-0.1, -0.05) is 36.4 Å². The number of carbonyl (C=O) groups is 1. The van der Waals surface area contributed by atoms with Crippen LogP contribution in [0.5, 0.6) is 0 Å². The Morgan fingerprint density at radius 1 is 1.13 bits per heavy atom. The van der Waals surface area contributed by atoms with Gasteiger partial charge in [-0.25, -0.2) is 0 Å². The molecular weight excluding hydrogens is 316 g/mol. The third kappa shape index (κ3) is 3.29. The lowest BCUT2D eigenvalue weighted by atomic mass is 10.1. The number of nitrogens with zero attached hydrogens (tertiary/aromatic N) is 1. The normalized spacial score (nSPS) is 11.8. The Bertz CT molecular complexity index is 812. The number of nitro groups is 1. The lowest BCUT2D eigenvalue weighted by molar-refractivity contribution is -0.402. The molecule has 3 rings (SSSR count). The third-order valence-electron chi connectivity index (χ3n) is 3.23. The first-order chi connectivity index (χ1) is 11.1. The average Bonchev–Trinajstić information content (AvgIpc) is 3.24. The van der Waals surface area contributed by atoms with Crippen LogP contribution in [0.4, 0.5) is 5.88 Å². The Kier molecular flexibility index (Phi) is 4.20. The molecule has 6 nitrogen and oxygen atoms in total. The molecule has 1 amide bonds. The van der Waals surface area contributed by atoms with Crippen LogP contribution in [-0.4, -0.2) is 10.8 Å². The highest BCUT2D eigenvalue weighted by Gasteiger charge is 2.22. The van der Waals surface area contributed by atoms with E-state index in [1.807, 2.05) is 47.8 Å². The fourth-order valence-electron chi connectivity index (χ4n) is 2.17. The van der Waals surface area contributed by atoms with Crippen molar-refractivity contribution in [3.63, 3.8) is 0 Å². The van der Waals surface area contributed by atoms with Crippen molar-refractivity contribution in [1.82, 2.24) is 5.32 Å². The third-order valence-corrected chi connectivity index (χ3v) is 4.17. The van der Waals surface area contributed by atoms with E-state index in [-0.39, 0.29) is 11.8 Å². The predicted molar refractivity (Wildman–Crippen MR) is 85.4 cm³/mol. The molecule has 23 heavy (non-hydrogen) atoms. The van der Waals surface area contributed by atoms with E-state index in [9.17, 15) is 14.9 Å². The summed E-state index contributed by atoms with van der Waals surface area (Å²) >= 11 is 1.52. The minimum absolute atomic E-state index is 0.0887. The molecule has 1 aromatic carbocycles. The number of carbonyl (C=O) groups excluding carboxylic acids is 1. The molecule has 2 aromatic heterocycles. The highest BCUT2D eigenvalue weighted by atomic mass is 32.1. The summed E-state index contributed by atoms with van der Waals surface area (Å²) in [6.07, 6.45) is 0. The molecule has 0 fully saturated rings. The van der Waals surface area contributed by atoms with E-state index in [0.717, 1.165) is 16.5 Å². The molecule has 0 aliphatic carbocycles. The number of benzene rings is 1. The second-order valence-corrected chi connectivity index (χ2v) is 5.71. The fourth-order valence-corrected chi connectivity index (χ4v) is 2.97. The van der Waals surface area contributed by atoms with Crippen LogP contribution in [0.25, 0.3) is 0 Å². The van der Waals surface area contributed by atoms with Gasteiger partial charge < -0.3 is 9.73 Å². The molecule has 2 heterocycles. The zero-order chi connectivity index (χ0) is 16.2. The monoisotopic (exact) mass is 328 g/mol. The van der Waals surface area contributed by atoms with Crippen LogP contribution in [0.2, 0.25) is 0 Å². The number of furan rings is 1. The van der Waals surface area contributed by atoms with Gasteiger partial charge in [0.15, 0.2) is 5.76 Å². The van der Waals surface area contributed by atoms with Gasteiger partial charge in [-0.15, -0.1) is 11.3 Å². The average molecular weight is 328 g/mol. The molecule has 0 saturated heterocycles. The maximum Gasteiger partial charge on any atom is 0.433 e. The minimum atomic E-state index is -0.676. The number of thiophene rings is 1. The number of rotatable bonds is 5. The van der Waals surface area contributed by atoms with Crippen molar-refractivity contribution in [3.8, 4) is 0 Å². The molecule has 0 aliphatic heterocycles. The first-order valence-electron chi connectivity index (χ1n) is 6.78. The van der Waals surface area contributed by atoms with Gasteiger partial charge in [-0.05, 0) is 23.1 Å². The van der Waals surface area contributed by atoms with Crippen LogP contribution in [0, 0.1) is 10.1 Å². The molecule has 3 aromatic rings. The number of hydrogen-bond donors (Lipinski definition) is 1. The summed E-state index contributed by atoms with van der Waals surface area (Å²) in [6, 6.07) is 15.4. The van der Waals surface area contributed by atoms with E-state index < -0.39 is 16.7 Å². The van der Waals surface area contributed by atoms with Crippen molar-refractivity contribution < 1.29 is 14.1 Å². The smallest absolute Gasteiger partial charge is 0.395 e. The van der Waals surface area contributed by atoms with E-state index in [4.69, 9.17) is 4.42 Å². The van der Waals surface area contributed by atoms with E-state index in [1.165, 1.54) is 17.4 Å². The summed E-state index contributed by atoms with van der Waals surface area (Å²) < 4.78 is 4.95. The van der Waals surface area contributed by atoms with Gasteiger partial charge in [0, 0.05) is 4.88 Å². The Morgan fingerprint density at radius 2 is 1.91 bits per heavy atom. The first-order valence-corrected chi connectivity index (χ1v) is 7.66. The van der Waals surface area contributed by atoms with Crippen LogP contribution in [0.3, 0.4) is 0 Å². The van der Waals surface area contributed by atoms with Crippen molar-refractivity contribution in [2.75, 3.05) is 0 Å². The van der Waals surface area contributed by atoms with E-state index in [2.05, 4.69) is 5.32 Å². The van der Waals surface area contributed by atoms with Crippen molar-refractivity contribution in [2.45, 2.75) is 6.04 Å². The van der Waals surface area contributed by atoms with Gasteiger partial charge in [0.25, 0.3) is 5.91 Å². The minimum Gasteiger partial charge on any atom is -0.395 e. The van der Waals surface area contributed by atoms with Crippen molar-refractivity contribution >= 4 is 23.1 Å². The van der Waals surface area contributed by atoms with Gasteiger partial charge in [0.05, 0.1) is 12.1 Å². The molecular formula is C16H12N2O4S. The van der Waals surface area contributed by atoms with Crippen LogP contribution < -0.4 is 5.32 Å². The van der Waals surface area contributed by atoms with Crippen molar-refractivity contribution in [3.05, 3.63) is 86.3 Å². The molecule has 0 unspecified atom stereocenters. The van der Waals surface area contributed by atoms with E-state index in [0.29, 0.717) is 0 Å². The van der Waals surface area contributed by atoms with Gasteiger partial charge >= 0.3 is 5.88 Å². The fraction of sp³-hybridized carbons (Fsp3) is 0.0625. The maximum atomic E-state index is 12.3. The predicted octanol–water partition coefficient (Wildman–Crippen LogP) is 3.77. The standard InChI is InChI=1S/C16H12N2O4S/c19-16(12-8-9-14(22-12)18(20)21)17-15(13-7-4-10-23-13)11-5-2-1-3-6-11/h1-10,15H,(H,17,19)/t15-/m1/s1. The summed E-state index contributed by atoms with van der Waals surface area (Å²) in [5.41, 5.74) is 0.921. The topological polar surface area (TPSA) is 85.4 Å². The molecule has 116 valence electrons. The van der Waals surface area contributed by atoms with Gasteiger partial charge in [-0.2, -0.15) is 0 Å². The summed E-state index contributed by atoms with van der Waals surface area (Å²) in [7, 11) is 0. The quantitative estimate of drug-likeness (QED) is 0.570. The summed E-state index contributed by atoms with van der Waals surface area (Å²) in [4.78, 5) is 23.3. The van der Waals surface area contributed by atoms with Gasteiger partial charge in [0.1, 0.15) is 4.92 Å². The van der Waals surface area contributed by atoms with Gasteiger partial charge in [0.2, 0.25) is 0 Å². The second-order valence-electron chi connectivity index (χ2n) is 4.73. The van der Waals surface area contributed by atoms with Gasteiger partial charge in [-0.3, -0.25) is 14.9 Å². The van der Waals surface area contributed by atoms with Crippen LogP contribution in [0.15, 0.2) is 64.4 Å². The first kappa shape index (κ1) is 15.0. The van der Waals surface area contributed by atoms with E-state index in [1.54, 1.807) is 0 Å². The lowest BCUT2D eigenvalue weighted by Crippen LogP contribution is -2.28. The largest absolute Gasteiger partial charge is 0.433 e. The molecule has 1 N–H and O–H groups in total. The van der Waals surface area contributed by atoms with E-state index >= 15 is 0 Å². The Labute approximate surface area is 135 Å². The number of amides is 1. The van der Waals surface area contributed by atoms with Crippen LogP contribution >= 0.6 is 11.3 Å².